The molecule has 0 spiro atoms. The second-order valence-electron chi connectivity index (χ2n) is 6.79. The Bertz CT molecular complexity index is 768. The van der Waals surface area contributed by atoms with Gasteiger partial charge >= 0.3 is 0 Å². The number of nitrogens with zero attached hydrogens (tertiary/aromatic N) is 1. The molecule has 0 bridgehead atoms. The molecule has 1 amide bonds. The first kappa shape index (κ1) is 19.8. The van der Waals surface area contributed by atoms with Gasteiger partial charge in [0.25, 0.3) is 5.91 Å². The molecule has 2 N–H and O–H groups in total. The van der Waals surface area contributed by atoms with E-state index in [-0.39, 0.29) is 29.7 Å². The van der Waals surface area contributed by atoms with Crippen molar-refractivity contribution in [3.8, 4) is 17.0 Å². The first-order valence-corrected chi connectivity index (χ1v) is 8.59. The maximum atomic E-state index is 13.3. The van der Waals surface area contributed by atoms with Crippen LogP contribution in [0.5, 0.6) is 5.88 Å². The van der Waals surface area contributed by atoms with E-state index in [1.54, 1.807) is 32.0 Å². The molecule has 5 nitrogen and oxygen atoms in total. The van der Waals surface area contributed by atoms with Gasteiger partial charge in [-0.1, -0.05) is 25.5 Å². The highest BCUT2D eigenvalue weighted by molar-refractivity contribution is 5.97. The number of hydrogen-bond donors (Lipinski definition) is 2. The Morgan fingerprint density at radius 2 is 1.96 bits per heavy atom. The number of ether oxygens (including phenoxy) is 1. The van der Waals surface area contributed by atoms with Crippen molar-refractivity contribution in [2.45, 2.75) is 39.2 Å². The molecule has 0 fully saturated rings. The van der Waals surface area contributed by atoms with E-state index in [9.17, 15) is 14.3 Å². The minimum atomic E-state index is -1.03. The number of amides is 1. The summed E-state index contributed by atoms with van der Waals surface area (Å²) in [6.45, 7) is 5.35. The third-order valence-electron chi connectivity index (χ3n) is 3.83. The van der Waals surface area contributed by atoms with Crippen LogP contribution in [-0.4, -0.2) is 35.3 Å². The molecular formula is C20H25FN2O3. The van der Waals surface area contributed by atoms with Crippen molar-refractivity contribution in [2.75, 3.05) is 13.7 Å². The van der Waals surface area contributed by atoms with Crippen molar-refractivity contribution in [1.82, 2.24) is 10.3 Å². The Labute approximate surface area is 153 Å². The molecule has 26 heavy (non-hydrogen) atoms. The molecule has 0 atom stereocenters. The zero-order chi connectivity index (χ0) is 19.3. The number of halogens is 1. The molecule has 0 aliphatic carbocycles. The molecule has 2 aromatic rings. The molecule has 1 heterocycles. The fourth-order valence-electron chi connectivity index (χ4n) is 2.55. The lowest BCUT2D eigenvalue weighted by Crippen LogP contribution is -2.38. The number of nitrogens with one attached hydrogen (secondary N) is 1. The zero-order valence-electron chi connectivity index (χ0n) is 15.6. The minimum absolute atomic E-state index is 0.0948. The SMILES string of the molecule is CCCc1nc(OC)c(C(=O)NCC(C)(C)O)cc1-c1ccc(F)cc1. The summed E-state index contributed by atoms with van der Waals surface area (Å²) in [7, 11) is 1.46. The number of methoxy groups -OCH3 is 1. The monoisotopic (exact) mass is 360 g/mol. The van der Waals surface area contributed by atoms with Gasteiger partial charge in [-0.15, -0.1) is 0 Å². The first-order valence-electron chi connectivity index (χ1n) is 8.59. The lowest BCUT2D eigenvalue weighted by atomic mass is 9.99. The minimum Gasteiger partial charge on any atom is -0.480 e. The standard InChI is InChI=1S/C20H25FN2O3/c1-5-6-17-15(13-7-9-14(21)10-8-13)11-16(19(23-17)26-4)18(24)22-12-20(2,3)25/h7-11,25H,5-6,12H2,1-4H3,(H,22,24). The molecule has 0 aliphatic heterocycles. The van der Waals surface area contributed by atoms with Gasteiger partial charge in [-0.25, -0.2) is 9.37 Å². The second-order valence-corrected chi connectivity index (χ2v) is 6.79. The molecule has 0 saturated heterocycles. The number of aromatic nitrogens is 1. The van der Waals surface area contributed by atoms with Crippen LogP contribution in [0.4, 0.5) is 4.39 Å². The smallest absolute Gasteiger partial charge is 0.256 e. The van der Waals surface area contributed by atoms with E-state index >= 15 is 0 Å². The Morgan fingerprint density at radius 3 is 2.50 bits per heavy atom. The average Bonchev–Trinajstić information content (AvgIpc) is 2.59. The van der Waals surface area contributed by atoms with Crippen LogP contribution in [0, 0.1) is 5.82 Å². The van der Waals surface area contributed by atoms with Crippen molar-refractivity contribution in [2.24, 2.45) is 0 Å². The Morgan fingerprint density at radius 1 is 1.31 bits per heavy atom. The first-order chi connectivity index (χ1) is 12.2. The van der Waals surface area contributed by atoms with Crippen molar-refractivity contribution in [3.05, 3.63) is 47.4 Å². The molecule has 0 radical (unpaired) electrons. The average molecular weight is 360 g/mol. The second kappa shape index (κ2) is 8.27. The van der Waals surface area contributed by atoms with E-state index < -0.39 is 5.60 Å². The lowest BCUT2D eigenvalue weighted by molar-refractivity contribution is 0.0692. The predicted octanol–water partition coefficient (Wildman–Crippen LogP) is 3.35. The van der Waals surface area contributed by atoms with Gasteiger partial charge in [0.15, 0.2) is 0 Å². The summed E-state index contributed by atoms with van der Waals surface area (Å²) >= 11 is 0. The van der Waals surface area contributed by atoms with Crippen molar-refractivity contribution in [3.63, 3.8) is 0 Å². The highest BCUT2D eigenvalue weighted by Crippen LogP contribution is 2.29. The van der Waals surface area contributed by atoms with E-state index in [0.717, 1.165) is 23.2 Å². The zero-order valence-corrected chi connectivity index (χ0v) is 15.6. The van der Waals surface area contributed by atoms with Crippen LogP contribution in [0.1, 0.15) is 43.2 Å². The van der Waals surface area contributed by atoms with Gasteiger partial charge in [-0.3, -0.25) is 4.79 Å². The van der Waals surface area contributed by atoms with Crippen LogP contribution in [0.3, 0.4) is 0 Å². The Kier molecular flexibility index (Phi) is 6.32. The third kappa shape index (κ3) is 5.02. The Balaban J connectivity index is 2.49. The quantitative estimate of drug-likeness (QED) is 0.794. The van der Waals surface area contributed by atoms with Gasteiger partial charge in [0, 0.05) is 12.1 Å². The summed E-state index contributed by atoms with van der Waals surface area (Å²) in [5.41, 5.74) is 1.58. The molecular weight excluding hydrogens is 335 g/mol. The van der Waals surface area contributed by atoms with Crippen LogP contribution in [0.2, 0.25) is 0 Å². The van der Waals surface area contributed by atoms with Crippen molar-refractivity contribution >= 4 is 5.91 Å². The van der Waals surface area contributed by atoms with E-state index in [0.29, 0.717) is 6.42 Å². The van der Waals surface area contributed by atoms with Gasteiger partial charge in [0.05, 0.1) is 18.4 Å². The number of pyridine rings is 1. The molecule has 140 valence electrons. The molecule has 0 aliphatic rings. The van der Waals surface area contributed by atoms with Crippen molar-refractivity contribution < 1.29 is 19.0 Å². The fourth-order valence-corrected chi connectivity index (χ4v) is 2.55. The molecule has 2 rings (SSSR count). The van der Waals surface area contributed by atoms with Gasteiger partial charge in [-0.2, -0.15) is 0 Å². The van der Waals surface area contributed by atoms with Crippen LogP contribution >= 0.6 is 0 Å². The fraction of sp³-hybridized carbons (Fsp3) is 0.400. The lowest BCUT2D eigenvalue weighted by Gasteiger charge is -2.19. The van der Waals surface area contributed by atoms with Gasteiger partial charge in [-0.05, 0) is 44.0 Å². The molecule has 6 heteroatoms. The van der Waals surface area contributed by atoms with Crippen LogP contribution in [0.25, 0.3) is 11.1 Å². The largest absolute Gasteiger partial charge is 0.480 e. The van der Waals surface area contributed by atoms with E-state index in [2.05, 4.69) is 10.3 Å². The Hall–Kier alpha value is -2.47. The number of carbonyl (C=O) groups is 1. The van der Waals surface area contributed by atoms with E-state index in [1.807, 2.05) is 6.92 Å². The summed E-state index contributed by atoms with van der Waals surface area (Å²) in [5.74, 6) is -0.481. The van der Waals surface area contributed by atoms with E-state index in [1.165, 1.54) is 19.2 Å². The normalized spacial score (nSPS) is 11.3. The van der Waals surface area contributed by atoms with Crippen LogP contribution < -0.4 is 10.1 Å². The summed E-state index contributed by atoms with van der Waals surface area (Å²) in [4.78, 5) is 17.1. The molecule has 0 unspecified atom stereocenters. The maximum Gasteiger partial charge on any atom is 0.256 e. The number of aliphatic hydroxyl groups is 1. The highest BCUT2D eigenvalue weighted by atomic mass is 19.1. The summed E-state index contributed by atoms with van der Waals surface area (Å²) in [6.07, 6.45) is 1.57. The third-order valence-corrected chi connectivity index (χ3v) is 3.83. The predicted molar refractivity (Wildman–Crippen MR) is 98.8 cm³/mol. The van der Waals surface area contributed by atoms with Crippen LogP contribution in [0.15, 0.2) is 30.3 Å². The van der Waals surface area contributed by atoms with Crippen molar-refractivity contribution in [1.29, 1.82) is 0 Å². The molecule has 0 saturated carbocycles. The maximum absolute atomic E-state index is 13.3. The summed E-state index contributed by atoms with van der Waals surface area (Å²) in [6, 6.07) is 7.80. The van der Waals surface area contributed by atoms with Gasteiger partial charge in [0.2, 0.25) is 5.88 Å². The number of rotatable bonds is 7. The van der Waals surface area contributed by atoms with Crippen LogP contribution in [-0.2, 0) is 6.42 Å². The van der Waals surface area contributed by atoms with E-state index in [4.69, 9.17) is 4.74 Å². The summed E-state index contributed by atoms with van der Waals surface area (Å²) < 4.78 is 18.6. The molecule has 1 aromatic carbocycles. The van der Waals surface area contributed by atoms with Gasteiger partial charge < -0.3 is 15.2 Å². The number of hydrogen-bond acceptors (Lipinski definition) is 4. The topological polar surface area (TPSA) is 71.5 Å². The number of carbonyl (C=O) groups excluding carboxylic acids is 1. The summed E-state index contributed by atoms with van der Waals surface area (Å²) in [5, 5.41) is 12.5. The number of aryl methyl sites for hydroxylation is 1. The highest BCUT2D eigenvalue weighted by Gasteiger charge is 2.21. The van der Waals surface area contributed by atoms with Gasteiger partial charge in [0.1, 0.15) is 11.4 Å². The molecule has 1 aromatic heterocycles. The number of benzene rings is 1.